The van der Waals surface area contributed by atoms with Crippen molar-refractivity contribution in [1.82, 2.24) is 9.44 Å². The van der Waals surface area contributed by atoms with Crippen molar-refractivity contribution >= 4 is 20.0 Å². The van der Waals surface area contributed by atoms with Crippen LogP contribution < -0.4 is 9.44 Å². The molecule has 0 saturated carbocycles. The molecule has 32 heavy (non-hydrogen) atoms. The van der Waals surface area contributed by atoms with Crippen molar-refractivity contribution < 1.29 is 31.1 Å². The van der Waals surface area contributed by atoms with Gasteiger partial charge in [-0.05, 0) is 56.0 Å². The highest BCUT2D eigenvalue weighted by Gasteiger charge is 2.34. The molecule has 2 aromatic rings. The van der Waals surface area contributed by atoms with Gasteiger partial charge in [-0.25, -0.2) is 30.7 Å². The molecule has 0 amide bonds. The number of hydrogen-bond donors (Lipinski definition) is 3. The van der Waals surface area contributed by atoms with E-state index in [0.29, 0.717) is 19.3 Å². The zero-order chi connectivity index (χ0) is 23.4. The molecule has 0 spiro atoms. The number of hydrogen-bond acceptors (Lipinski definition) is 6. The van der Waals surface area contributed by atoms with Gasteiger partial charge in [0, 0.05) is 6.54 Å². The van der Waals surface area contributed by atoms with Crippen LogP contribution >= 0.6 is 0 Å². The molecule has 0 aromatic heterocycles. The van der Waals surface area contributed by atoms with Crippen molar-refractivity contribution in [2.45, 2.75) is 54.2 Å². The second-order valence-corrected chi connectivity index (χ2v) is 11.2. The molecular weight excluding hydrogens is 459 g/mol. The first kappa shape index (κ1) is 24.7. The van der Waals surface area contributed by atoms with Crippen LogP contribution in [0, 0.1) is 12.7 Å². The molecule has 11 heteroatoms. The summed E-state index contributed by atoms with van der Waals surface area (Å²) < 4.78 is 74.4. The summed E-state index contributed by atoms with van der Waals surface area (Å²) in [6.45, 7) is 1.42. The number of benzene rings is 2. The molecule has 0 aliphatic carbocycles. The largest absolute Gasteiger partial charge is 0.394 e. The molecule has 1 aliphatic heterocycles. The van der Waals surface area contributed by atoms with Gasteiger partial charge < -0.3 is 9.84 Å². The summed E-state index contributed by atoms with van der Waals surface area (Å²) in [5.74, 6) is -0.835. The summed E-state index contributed by atoms with van der Waals surface area (Å²) in [5.41, 5.74) is 0.810. The lowest BCUT2D eigenvalue weighted by molar-refractivity contribution is -0.0869. The lowest BCUT2D eigenvalue weighted by Crippen LogP contribution is -2.51. The highest BCUT2D eigenvalue weighted by molar-refractivity contribution is 7.89. The molecule has 1 aliphatic rings. The van der Waals surface area contributed by atoms with E-state index < -0.39 is 49.5 Å². The van der Waals surface area contributed by atoms with E-state index in [1.807, 2.05) is 0 Å². The van der Waals surface area contributed by atoms with Gasteiger partial charge in [0.2, 0.25) is 20.0 Å². The maximum atomic E-state index is 13.8. The Labute approximate surface area is 187 Å². The van der Waals surface area contributed by atoms with Gasteiger partial charge in [0.25, 0.3) is 0 Å². The average Bonchev–Trinajstić information content (AvgIpc) is 2.74. The van der Waals surface area contributed by atoms with Crippen molar-refractivity contribution in [2.24, 2.45) is 0 Å². The summed E-state index contributed by atoms with van der Waals surface area (Å²) in [6.07, 6.45) is 0.0354. The summed E-state index contributed by atoms with van der Waals surface area (Å²) in [6, 6.07) is 11.0. The van der Waals surface area contributed by atoms with Crippen LogP contribution in [0.2, 0.25) is 0 Å². The lowest BCUT2D eigenvalue weighted by Gasteiger charge is -2.36. The SMILES string of the molecule is Cc1cccc(S(=O)(=O)N[C@@H]2CC[C@H](CCNS(=O)(=O)c3ccccc3F)O[C@H]2CO)c1. The second kappa shape index (κ2) is 10.4. The number of nitrogens with one attached hydrogen (secondary N) is 2. The fraction of sp³-hybridized carbons (Fsp3) is 0.429. The third kappa shape index (κ3) is 6.12. The van der Waals surface area contributed by atoms with E-state index in [1.54, 1.807) is 25.1 Å². The summed E-state index contributed by atoms with van der Waals surface area (Å²) in [7, 11) is -7.78. The normalized spacial score (nSPS) is 22.0. The van der Waals surface area contributed by atoms with Crippen LogP contribution in [0.1, 0.15) is 24.8 Å². The molecular formula is C21H27FN2O6S2. The molecule has 0 radical (unpaired) electrons. The summed E-state index contributed by atoms with van der Waals surface area (Å²) >= 11 is 0. The lowest BCUT2D eigenvalue weighted by atomic mass is 9.98. The van der Waals surface area contributed by atoms with Gasteiger partial charge in [0.05, 0.1) is 29.8 Å². The van der Waals surface area contributed by atoms with Gasteiger partial charge in [0.15, 0.2) is 0 Å². The number of halogens is 1. The minimum atomic E-state index is -4.00. The highest BCUT2D eigenvalue weighted by atomic mass is 32.2. The zero-order valence-electron chi connectivity index (χ0n) is 17.6. The second-order valence-electron chi connectivity index (χ2n) is 7.72. The molecule has 2 aromatic carbocycles. The number of ether oxygens (including phenoxy) is 1. The zero-order valence-corrected chi connectivity index (χ0v) is 19.2. The van der Waals surface area contributed by atoms with Crippen molar-refractivity contribution in [1.29, 1.82) is 0 Å². The Kier molecular flexibility index (Phi) is 8.01. The molecule has 3 atom stereocenters. The van der Waals surface area contributed by atoms with E-state index in [9.17, 15) is 26.3 Å². The molecule has 1 heterocycles. The number of aliphatic hydroxyl groups excluding tert-OH is 1. The van der Waals surface area contributed by atoms with Crippen LogP contribution in [0.3, 0.4) is 0 Å². The molecule has 176 valence electrons. The Morgan fingerprint density at radius 3 is 2.50 bits per heavy atom. The standard InChI is InChI=1S/C21H27FN2O6S2/c1-15-5-4-6-17(13-15)31(26,27)24-19-10-9-16(30-20(19)14-25)11-12-23-32(28,29)21-8-3-2-7-18(21)22/h2-8,13,16,19-20,23-25H,9-12,14H2,1H3/t16-,19-,20+/m1/s1. The van der Waals surface area contributed by atoms with E-state index in [4.69, 9.17) is 4.74 Å². The highest BCUT2D eigenvalue weighted by Crippen LogP contribution is 2.24. The Morgan fingerprint density at radius 1 is 1.06 bits per heavy atom. The van der Waals surface area contributed by atoms with Crippen LogP contribution in [-0.2, 0) is 24.8 Å². The first-order valence-corrected chi connectivity index (χ1v) is 13.2. The van der Waals surface area contributed by atoms with Crippen LogP contribution in [0.25, 0.3) is 0 Å². The van der Waals surface area contributed by atoms with Gasteiger partial charge >= 0.3 is 0 Å². The van der Waals surface area contributed by atoms with Crippen molar-refractivity contribution in [3.05, 3.63) is 59.9 Å². The Bertz CT molecular complexity index is 1140. The van der Waals surface area contributed by atoms with Crippen molar-refractivity contribution in [3.63, 3.8) is 0 Å². The smallest absolute Gasteiger partial charge is 0.243 e. The van der Waals surface area contributed by atoms with Crippen LogP contribution in [0.5, 0.6) is 0 Å². The minimum absolute atomic E-state index is 0.0131. The molecule has 3 N–H and O–H groups in total. The quantitative estimate of drug-likeness (QED) is 0.496. The van der Waals surface area contributed by atoms with E-state index in [2.05, 4.69) is 9.44 Å². The van der Waals surface area contributed by atoms with Crippen LogP contribution in [-0.4, -0.2) is 53.3 Å². The van der Waals surface area contributed by atoms with Crippen LogP contribution in [0.4, 0.5) is 4.39 Å². The molecule has 1 fully saturated rings. The van der Waals surface area contributed by atoms with E-state index in [0.717, 1.165) is 11.6 Å². The third-order valence-electron chi connectivity index (χ3n) is 5.29. The van der Waals surface area contributed by atoms with Crippen molar-refractivity contribution in [2.75, 3.05) is 13.2 Å². The maximum absolute atomic E-state index is 13.8. The van der Waals surface area contributed by atoms with E-state index in [1.165, 1.54) is 24.3 Å². The van der Waals surface area contributed by atoms with E-state index in [-0.39, 0.29) is 17.5 Å². The third-order valence-corrected chi connectivity index (χ3v) is 8.27. The molecule has 0 unspecified atom stereocenters. The average molecular weight is 487 g/mol. The minimum Gasteiger partial charge on any atom is -0.394 e. The number of rotatable bonds is 9. The predicted octanol–water partition coefficient (Wildman–Crippen LogP) is 1.69. The maximum Gasteiger partial charge on any atom is 0.243 e. The number of aryl methyl sites for hydroxylation is 1. The number of sulfonamides is 2. The molecule has 0 bridgehead atoms. The fourth-order valence-corrected chi connectivity index (χ4v) is 6.15. The van der Waals surface area contributed by atoms with Crippen molar-refractivity contribution in [3.8, 4) is 0 Å². The summed E-state index contributed by atoms with van der Waals surface area (Å²) in [5, 5.41) is 9.71. The summed E-state index contributed by atoms with van der Waals surface area (Å²) in [4.78, 5) is -0.290. The monoisotopic (exact) mass is 486 g/mol. The predicted molar refractivity (Wildman–Crippen MR) is 116 cm³/mol. The van der Waals surface area contributed by atoms with Gasteiger partial charge in [-0.15, -0.1) is 0 Å². The molecule has 8 nitrogen and oxygen atoms in total. The fourth-order valence-electron chi connectivity index (χ4n) is 3.62. The Hall–Kier alpha value is -1.89. The van der Waals surface area contributed by atoms with E-state index >= 15 is 0 Å². The van der Waals surface area contributed by atoms with Crippen LogP contribution in [0.15, 0.2) is 58.3 Å². The van der Waals surface area contributed by atoms with Gasteiger partial charge in [-0.1, -0.05) is 24.3 Å². The van der Waals surface area contributed by atoms with Gasteiger partial charge in [-0.3, -0.25) is 0 Å². The topological polar surface area (TPSA) is 122 Å². The first-order valence-electron chi connectivity index (χ1n) is 10.2. The van der Waals surface area contributed by atoms with Gasteiger partial charge in [0.1, 0.15) is 10.7 Å². The van der Waals surface area contributed by atoms with Gasteiger partial charge in [-0.2, -0.15) is 0 Å². The number of aliphatic hydroxyl groups is 1. The first-order chi connectivity index (χ1) is 15.1. The Morgan fingerprint density at radius 2 is 1.81 bits per heavy atom. The Balaban J connectivity index is 1.56. The molecule has 3 rings (SSSR count). The molecule has 1 saturated heterocycles.